The molecule has 0 spiro atoms. The molecule has 1 aromatic heterocycles. The average molecular weight is 258 g/mol. The summed E-state index contributed by atoms with van der Waals surface area (Å²) in [4.78, 5) is 11.9. The zero-order valence-corrected chi connectivity index (χ0v) is 11.2. The van der Waals surface area contributed by atoms with Crippen molar-refractivity contribution in [3.05, 3.63) is 47.3 Å². The maximum absolute atomic E-state index is 11.9. The summed E-state index contributed by atoms with van der Waals surface area (Å²) in [5.41, 5.74) is 9.13. The molecule has 0 radical (unpaired) electrons. The van der Waals surface area contributed by atoms with Crippen LogP contribution >= 0.6 is 0 Å². The molecule has 3 N–H and O–H groups in total. The van der Waals surface area contributed by atoms with Gasteiger partial charge in [-0.2, -0.15) is 5.10 Å². The Hall–Kier alpha value is -2.14. The van der Waals surface area contributed by atoms with Crippen LogP contribution in [0.15, 0.2) is 30.5 Å². The lowest BCUT2D eigenvalue weighted by Gasteiger charge is -2.04. The highest BCUT2D eigenvalue weighted by Gasteiger charge is 2.08. The number of anilines is 1. The lowest BCUT2D eigenvalue weighted by Crippen LogP contribution is -2.14. The van der Waals surface area contributed by atoms with Crippen LogP contribution in [0.2, 0.25) is 0 Å². The van der Waals surface area contributed by atoms with E-state index in [1.807, 2.05) is 38.2 Å². The van der Waals surface area contributed by atoms with E-state index >= 15 is 0 Å². The van der Waals surface area contributed by atoms with Crippen molar-refractivity contribution in [3.8, 4) is 0 Å². The summed E-state index contributed by atoms with van der Waals surface area (Å²) in [7, 11) is 1.83. The first-order valence-electron chi connectivity index (χ1n) is 6.16. The molecule has 5 nitrogen and oxygen atoms in total. The van der Waals surface area contributed by atoms with Crippen LogP contribution in [-0.2, 0) is 24.8 Å². The Balaban J connectivity index is 1.99. The van der Waals surface area contributed by atoms with Crippen LogP contribution in [0.3, 0.4) is 0 Å². The molecule has 0 saturated carbocycles. The summed E-state index contributed by atoms with van der Waals surface area (Å²) < 4.78 is 1.68. The van der Waals surface area contributed by atoms with E-state index in [1.54, 1.807) is 10.9 Å². The number of hydrogen-bond donors (Lipinski definition) is 2. The van der Waals surface area contributed by atoms with Gasteiger partial charge in [0.1, 0.15) is 0 Å². The third-order valence-corrected chi connectivity index (χ3v) is 2.91. The largest absolute Gasteiger partial charge is 0.326 e. The number of rotatable bonds is 4. The van der Waals surface area contributed by atoms with Gasteiger partial charge in [0, 0.05) is 19.8 Å². The van der Waals surface area contributed by atoms with Crippen molar-refractivity contribution in [1.82, 2.24) is 9.78 Å². The quantitative estimate of drug-likeness (QED) is 0.870. The summed E-state index contributed by atoms with van der Waals surface area (Å²) >= 11 is 0. The van der Waals surface area contributed by atoms with Crippen molar-refractivity contribution in [2.45, 2.75) is 19.9 Å². The average Bonchev–Trinajstić information content (AvgIpc) is 2.68. The highest BCUT2D eigenvalue weighted by atomic mass is 16.1. The number of amides is 1. The molecular weight excluding hydrogens is 240 g/mol. The van der Waals surface area contributed by atoms with Crippen LogP contribution < -0.4 is 11.1 Å². The van der Waals surface area contributed by atoms with Crippen molar-refractivity contribution in [1.29, 1.82) is 0 Å². The van der Waals surface area contributed by atoms with Crippen molar-refractivity contribution in [2.24, 2.45) is 12.8 Å². The fraction of sp³-hybridized carbons (Fsp3) is 0.286. The highest BCUT2D eigenvalue weighted by molar-refractivity contribution is 5.92. The molecule has 1 amide bonds. The Morgan fingerprint density at radius 2 is 1.95 bits per heavy atom. The second-order valence-corrected chi connectivity index (χ2v) is 4.55. The smallest absolute Gasteiger partial charge is 0.228 e. The molecule has 100 valence electrons. The van der Waals surface area contributed by atoms with Gasteiger partial charge in [-0.25, -0.2) is 0 Å². The van der Waals surface area contributed by atoms with Crippen molar-refractivity contribution in [2.75, 3.05) is 5.32 Å². The zero-order valence-electron chi connectivity index (χ0n) is 11.2. The molecular formula is C14H18N4O. The van der Waals surface area contributed by atoms with Crippen LogP contribution in [0.5, 0.6) is 0 Å². The first-order chi connectivity index (χ1) is 9.08. The Labute approximate surface area is 112 Å². The Morgan fingerprint density at radius 1 is 1.32 bits per heavy atom. The van der Waals surface area contributed by atoms with E-state index in [0.29, 0.717) is 13.0 Å². The van der Waals surface area contributed by atoms with Gasteiger partial charge in [0.05, 0.1) is 17.8 Å². The molecule has 0 bridgehead atoms. The van der Waals surface area contributed by atoms with Gasteiger partial charge < -0.3 is 11.1 Å². The minimum atomic E-state index is -0.0448. The normalized spacial score (nSPS) is 10.5. The third-order valence-electron chi connectivity index (χ3n) is 2.91. The van der Waals surface area contributed by atoms with Crippen molar-refractivity contribution < 1.29 is 4.79 Å². The number of carbonyl (C=O) groups excluding carboxylic acids is 1. The van der Waals surface area contributed by atoms with Gasteiger partial charge in [-0.05, 0) is 18.1 Å². The molecule has 0 aliphatic carbocycles. The summed E-state index contributed by atoms with van der Waals surface area (Å²) in [6.07, 6.45) is 2.14. The Kier molecular flexibility index (Phi) is 3.97. The van der Waals surface area contributed by atoms with E-state index in [-0.39, 0.29) is 5.91 Å². The molecule has 0 atom stereocenters. The fourth-order valence-electron chi connectivity index (χ4n) is 1.90. The second-order valence-electron chi connectivity index (χ2n) is 4.55. The second kappa shape index (κ2) is 5.67. The Bertz CT molecular complexity index is 572. The van der Waals surface area contributed by atoms with Gasteiger partial charge in [0.2, 0.25) is 5.91 Å². The minimum absolute atomic E-state index is 0.0448. The maximum atomic E-state index is 11.9. The first kappa shape index (κ1) is 13.3. The van der Waals surface area contributed by atoms with Gasteiger partial charge in [-0.15, -0.1) is 0 Å². The van der Waals surface area contributed by atoms with E-state index in [4.69, 9.17) is 5.73 Å². The monoisotopic (exact) mass is 258 g/mol. The van der Waals surface area contributed by atoms with Gasteiger partial charge in [0.25, 0.3) is 0 Å². The van der Waals surface area contributed by atoms with Crippen LogP contribution in [0.25, 0.3) is 0 Å². The molecule has 2 rings (SSSR count). The van der Waals surface area contributed by atoms with Gasteiger partial charge >= 0.3 is 0 Å². The minimum Gasteiger partial charge on any atom is -0.326 e. The molecule has 0 saturated heterocycles. The molecule has 2 aromatic rings. The lowest BCUT2D eigenvalue weighted by molar-refractivity contribution is -0.115. The molecule has 19 heavy (non-hydrogen) atoms. The standard InChI is InChI=1S/C14H18N4O/c1-10-13(9-18(2)17-10)16-14(19)7-11-3-5-12(8-15)6-4-11/h3-6,9H,7-8,15H2,1-2H3,(H,16,19). The van der Waals surface area contributed by atoms with Gasteiger partial charge in [-0.1, -0.05) is 24.3 Å². The van der Waals surface area contributed by atoms with E-state index in [2.05, 4.69) is 10.4 Å². The fourth-order valence-corrected chi connectivity index (χ4v) is 1.90. The van der Waals surface area contributed by atoms with E-state index < -0.39 is 0 Å². The number of carbonyl (C=O) groups is 1. The number of aryl methyl sites for hydroxylation is 2. The summed E-state index contributed by atoms with van der Waals surface area (Å²) in [6.45, 7) is 2.38. The van der Waals surface area contributed by atoms with Crippen LogP contribution in [0.4, 0.5) is 5.69 Å². The van der Waals surface area contributed by atoms with E-state index in [9.17, 15) is 4.79 Å². The number of nitrogens with zero attached hydrogens (tertiary/aromatic N) is 2. The molecule has 0 unspecified atom stereocenters. The number of aromatic nitrogens is 2. The number of benzene rings is 1. The summed E-state index contributed by atoms with van der Waals surface area (Å²) in [5, 5.41) is 7.04. The molecule has 0 aliphatic rings. The third kappa shape index (κ3) is 3.42. The Morgan fingerprint density at radius 3 is 2.47 bits per heavy atom. The molecule has 1 aromatic carbocycles. The van der Waals surface area contributed by atoms with Crippen LogP contribution in [0, 0.1) is 6.92 Å². The topological polar surface area (TPSA) is 72.9 Å². The first-order valence-corrected chi connectivity index (χ1v) is 6.16. The number of nitrogens with two attached hydrogens (primary N) is 1. The maximum Gasteiger partial charge on any atom is 0.228 e. The van der Waals surface area contributed by atoms with E-state index in [0.717, 1.165) is 22.5 Å². The lowest BCUT2D eigenvalue weighted by atomic mass is 10.1. The molecule has 0 fully saturated rings. The summed E-state index contributed by atoms with van der Waals surface area (Å²) in [6, 6.07) is 7.74. The SMILES string of the molecule is Cc1nn(C)cc1NC(=O)Cc1ccc(CN)cc1. The van der Waals surface area contributed by atoms with E-state index in [1.165, 1.54) is 0 Å². The number of hydrogen-bond acceptors (Lipinski definition) is 3. The predicted molar refractivity (Wildman–Crippen MR) is 74.6 cm³/mol. The van der Waals surface area contributed by atoms with Crippen molar-refractivity contribution in [3.63, 3.8) is 0 Å². The number of nitrogens with one attached hydrogen (secondary N) is 1. The molecule has 5 heteroatoms. The predicted octanol–water partition coefficient (Wildman–Crippen LogP) is 1.37. The van der Waals surface area contributed by atoms with Gasteiger partial charge in [-0.3, -0.25) is 9.48 Å². The van der Waals surface area contributed by atoms with Crippen LogP contribution in [-0.4, -0.2) is 15.7 Å². The highest BCUT2D eigenvalue weighted by Crippen LogP contribution is 2.12. The summed E-state index contributed by atoms with van der Waals surface area (Å²) in [5.74, 6) is -0.0448. The van der Waals surface area contributed by atoms with Crippen molar-refractivity contribution >= 4 is 11.6 Å². The molecule has 0 aliphatic heterocycles. The zero-order chi connectivity index (χ0) is 13.8. The van der Waals surface area contributed by atoms with Gasteiger partial charge in [0.15, 0.2) is 0 Å². The molecule has 1 heterocycles. The van der Waals surface area contributed by atoms with Crippen LogP contribution in [0.1, 0.15) is 16.8 Å².